The van der Waals surface area contributed by atoms with Crippen LogP contribution in [-0.4, -0.2) is 17.1 Å². The number of nitro benzene ring substituents is 1. The van der Waals surface area contributed by atoms with Crippen LogP contribution in [0, 0.1) is 17.0 Å². The monoisotopic (exact) mass is 317 g/mol. The van der Waals surface area contributed by atoms with E-state index in [9.17, 15) is 10.1 Å². The van der Waals surface area contributed by atoms with Gasteiger partial charge >= 0.3 is 0 Å². The summed E-state index contributed by atoms with van der Waals surface area (Å²) >= 11 is 5.20. The van der Waals surface area contributed by atoms with Crippen molar-refractivity contribution in [3.05, 3.63) is 58.1 Å². The first-order valence-corrected chi connectivity index (χ1v) is 6.87. The first-order valence-electron chi connectivity index (χ1n) is 6.46. The van der Waals surface area contributed by atoms with Gasteiger partial charge in [0.05, 0.1) is 12.0 Å². The van der Waals surface area contributed by atoms with Crippen molar-refractivity contribution in [2.45, 2.75) is 6.92 Å². The first kappa shape index (κ1) is 15.7. The molecule has 0 aliphatic heterocycles. The van der Waals surface area contributed by atoms with Gasteiger partial charge in [0, 0.05) is 23.0 Å². The van der Waals surface area contributed by atoms with E-state index >= 15 is 0 Å². The van der Waals surface area contributed by atoms with E-state index in [0.717, 1.165) is 11.4 Å². The van der Waals surface area contributed by atoms with E-state index in [1.165, 1.54) is 6.07 Å². The van der Waals surface area contributed by atoms with Gasteiger partial charge in [-0.15, -0.1) is 0 Å². The zero-order valence-corrected chi connectivity index (χ0v) is 12.9. The molecule has 0 bridgehead atoms. The summed E-state index contributed by atoms with van der Waals surface area (Å²) in [5.41, 5.74) is 2.00. The highest BCUT2D eigenvalue weighted by atomic mass is 32.1. The molecule has 114 valence electrons. The predicted octanol–water partition coefficient (Wildman–Crippen LogP) is 3.72. The standard InChI is InChI=1S/C15H15N3O3S/c1-10-3-4-12(9-14(10)18(19)20)17-15(22)16-11-5-7-13(21-2)8-6-11/h3-9H,1-2H3,(H2,16,17,22). The smallest absolute Gasteiger partial charge is 0.274 e. The molecule has 0 saturated heterocycles. The van der Waals surface area contributed by atoms with Crippen molar-refractivity contribution in [1.29, 1.82) is 0 Å². The van der Waals surface area contributed by atoms with Gasteiger partial charge in [-0.25, -0.2) is 0 Å². The summed E-state index contributed by atoms with van der Waals surface area (Å²) in [7, 11) is 1.60. The van der Waals surface area contributed by atoms with Crippen molar-refractivity contribution in [2.24, 2.45) is 0 Å². The Morgan fingerprint density at radius 1 is 1.14 bits per heavy atom. The molecule has 0 amide bonds. The minimum Gasteiger partial charge on any atom is -0.497 e. The highest BCUT2D eigenvalue weighted by molar-refractivity contribution is 7.80. The number of aryl methyl sites for hydroxylation is 1. The summed E-state index contributed by atoms with van der Waals surface area (Å²) in [5.74, 6) is 0.749. The summed E-state index contributed by atoms with van der Waals surface area (Å²) < 4.78 is 5.08. The van der Waals surface area contributed by atoms with Crippen LogP contribution in [-0.2, 0) is 0 Å². The van der Waals surface area contributed by atoms with Gasteiger partial charge in [0.25, 0.3) is 5.69 Å². The Morgan fingerprint density at radius 2 is 1.73 bits per heavy atom. The predicted molar refractivity (Wildman–Crippen MR) is 90.7 cm³/mol. The van der Waals surface area contributed by atoms with Gasteiger partial charge in [-0.3, -0.25) is 10.1 Å². The lowest BCUT2D eigenvalue weighted by Gasteiger charge is -2.11. The Kier molecular flexibility index (Phi) is 4.90. The molecule has 2 aromatic carbocycles. The first-order chi connectivity index (χ1) is 10.5. The molecular weight excluding hydrogens is 302 g/mol. The maximum absolute atomic E-state index is 10.9. The van der Waals surface area contributed by atoms with E-state index in [1.807, 2.05) is 24.3 Å². The molecule has 0 saturated carbocycles. The van der Waals surface area contributed by atoms with Crippen molar-refractivity contribution in [1.82, 2.24) is 0 Å². The Bertz CT molecular complexity index is 702. The third-order valence-corrected chi connectivity index (χ3v) is 3.22. The molecule has 0 radical (unpaired) electrons. The number of nitrogens with zero attached hydrogens (tertiary/aromatic N) is 1. The Balaban J connectivity index is 2.05. The van der Waals surface area contributed by atoms with Gasteiger partial charge in [-0.05, 0) is 49.5 Å². The number of nitro groups is 1. The second kappa shape index (κ2) is 6.86. The fourth-order valence-electron chi connectivity index (χ4n) is 1.85. The zero-order valence-electron chi connectivity index (χ0n) is 12.1. The summed E-state index contributed by atoms with van der Waals surface area (Å²) in [6, 6.07) is 12.1. The summed E-state index contributed by atoms with van der Waals surface area (Å²) in [4.78, 5) is 10.5. The van der Waals surface area contributed by atoms with Crippen LogP contribution in [0.3, 0.4) is 0 Å². The summed E-state index contributed by atoms with van der Waals surface area (Å²) in [6.07, 6.45) is 0. The molecule has 2 N–H and O–H groups in total. The second-order valence-electron chi connectivity index (χ2n) is 4.57. The third-order valence-electron chi connectivity index (χ3n) is 3.01. The molecule has 0 fully saturated rings. The fraction of sp³-hybridized carbons (Fsp3) is 0.133. The molecule has 0 heterocycles. The van der Waals surface area contributed by atoms with Crippen LogP contribution in [0.15, 0.2) is 42.5 Å². The SMILES string of the molecule is COc1ccc(NC(=S)Nc2ccc(C)c([N+](=O)[O-])c2)cc1. The van der Waals surface area contributed by atoms with Crippen LogP contribution in [0.5, 0.6) is 5.75 Å². The van der Waals surface area contributed by atoms with Gasteiger partial charge in [0.2, 0.25) is 0 Å². The molecule has 0 aliphatic carbocycles. The largest absolute Gasteiger partial charge is 0.497 e. The average Bonchev–Trinajstić information content (AvgIpc) is 2.49. The van der Waals surface area contributed by atoms with Crippen molar-refractivity contribution < 1.29 is 9.66 Å². The minimum absolute atomic E-state index is 0.0530. The molecule has 2 aromatic rings. The Labute approximate surface area is 133 Å². The molecule has 6 nitrogen and oxygen atoms in total. The van der Waals surface area contributed by atoms with Gasteiger partial charge in [0.1, 0.15) is 5.75 Å². The number of hydrogen-bond donors (Lipinski definition) is 2. The van der Waals surface area contributed by atoms with Gasteiger partial charge in [-0.2, -0.15) is 0 Å². The fourth-order valence-corrected chi connectivity index (χ4v) is 2.09. The lowest BCUT2D eigenvalue weighted by Crippen LogP contribution is -2.19. The van der Waals surface area contributed by atoms with Crippen LogP contribution >= 0.6 is 12.2 Å². The number of benzene rings is 2. The normalized spacial score (nSPS) is 9.91. The van der Waals surface area contributed by atoms with E-state index in [-0.39, 0.29) is 5.69 Å². The molecule has 0 atom stereocenters. The molecule has 22 heavy (non-hydrogen) atoms. The Morgan fingerprint density at radius 3 is 2.32 bits per heavy atom. The van der Waals surface area contributed by atoms with Crippen molar-refractivity contribution in [3.8, 4) is 5.75 Å². The second-order valence-corrected chi connectivity index (χ2v) is 4.97. The topological polar surface area (TPSA) is 76.4 Å². The number of anilines is 2. The number of hydrogen-bond acceptors (Lipinski definition) is 4. The van der Waals surface area contributed by atoms with E-state index < -0.39 is 4.92 Å². The number of thiocarbonyl (C=S) groups is 1. The van der Waals surface area contributed by atoms with Gasteiger partial charge < -0.3 is 15.4 Å². The molecule has 0 unspecified atom stereocenters. The van der Waals surface area contributed by atoms with Crippen LogP contribution in [0.4, 0.5) is 17.1 Å². The Hall–Kier alpha value is -2.67. The third kappa shape index (κ3) is 3.92. The van der Waals surface area contributed by atoms with E-state index in [1.54, 1.807) is 26.2 Å². The molecule has 0 spiro atoms. The number of nitrogens with one attached hydrogen (secondary N) is 2. The lowest BCUT2D eigenvalue weighted by atomic mass is 10.2. The highest BCUT2D eigenvalue weighted by Crippen LogP contribution is 2.22. The molecule has 2 rings (SSSR count). The molecular formula is C15H15N3O3S. The number of rotatable bonds is 4. The summed E-state index contributed by atoms with van der Waals surface area (Å²) in [5, 5.41) is 17.2. The lowest BCUT2D eigenvalue weighted by molar-refractivity contribution is -0.385. The van der Waals surface area contributed by atoms with Crippen molar-refractivity contribution in [2.75, 3.05) is 17.7 Å². The quantitative estimate of drug-likeness (QED) is 0.508. The summed E-state index contributed by atoms with van der Waals surface area (Å²) in [6.45, 7) is 1.69. The van der Waals surface area contributed by atoms with E-state index in [2.05, 4.69) is 10.6 Å². The molecule has 0 aliphatic rings. The number of methoxy groups -OCH3 is 1. The average molecular weight is 317 g/mol. The highest BCUT2D eigenvalue weighted by Gasteiger charge is 2.11. The number of ether oxygens (including phenoxy) is 1. The molecule has 7 heteroatoms. The van der Waals surface area contributed by atoms with Crippen LogP contribution in [0.1, 0.15) is 5.56 Å². The molecule has 0 aromatic heterocycles. The van der Waals surface area contributed by atoms with Crippen molar-refractivity contribution in [3.63, 3.8) is 0 Å². The maximum Gasteiger partial charge on any atom is 0.274 e. The minimum atomic E-state index is -0.416. The van der Waals surface area contributed by atoms with Gasteiger partial charge in [0.15, 0.2) is 5.11 Å². The maximum atomic E-state index is 10.9. The van der Waals surface area contributed by atoms with Crippen LogP contribution in [0.2, 0.25) is 0 Å². The van der Waals surface area contributed by atoms with Crippen LogP contribution in [0.25, 0.3) is 0 Å². The van der Waals surface area contributed by atoms with E-state index in [0.29, 0.717) is 16.4 Å². The van der Waals surface area contributed by atoms with E-state index in [4.69, 9.17) is 17.0 Å². The zero-order chi connectivity index (χ0) is 16.1. The van der Waals surface area contributed by atoms with Crippen molar-refractivity contribution >= 4 is 34.4 Å². The van der Waals surface area contributed by atoms with Crippen LogP contribution < -0.4 is 15.4 Å². The van der Waals surface area contributed by atoms with Gasteiger partial charge in [-0.1, -0.05) is 6.07 Å².